The van der Waals surface area contributed by atoms with Crippen LogP contribution in [-0.4, -0.2) is 24.1 Å². The molecule has 1 fully saturated rings. The van der Waals surface area contributed by atoms with Crippen LogP contribution in [0.3, 0.4) is 0 Å². The first-order valence-electron chi connectivity index (χ1n) is 8.14. The molecule has 0 aliphatic carbocycles. The lowest BCUT2D eigenvalue weighted by Crippen LogP contribution is -2.57. The van der Waals surface area contributed by atoms with Crippen molar-refractivity contribution in [3.63, 3.8) is 0 Å². The Bertz CT molecular complexity index is 705. The Morgan fingerprint density at radius 2 is 2.04 bits per heavy atom. The van der Waals surface area contributed by atoms with Gasteiger partial charge in [0.2, 0.25) is 5.91 Å². The van der Waals surface area contributed by atoms with Crippen LogP contribution in [0.25, 0.3) is 0 Å². The van der Waals surface area contributed by atoms with E-state index in [9.17, 15) is 4.79 Å². The molecule has 1 heterocycles. The van der Waals surface area contributed by atoms with Crippen LogP contribution in [0.2, 0.25) is 0 Å². The zero-order valence-electron chi connectivity index (χ0n) is 14.1. The summed E-state index contributed by atoms with van der Waals surface area (Å²) in [6.07, 6.45) is 0. The molecule has 24 heavy (non-hydrogen) atoms. The van der Waals surface area contributed by atoms with Crippen LogP contribution < -0.4 is 10.7 Å². The van der Waals surface area contributed by atoms with Crippen molar-refractivity contribution >= 4 is 11.6 Å². The molecule has 2 aromatic carbocycles. The number of nitrogens with one attached hydrogen (secondary N) is 2. The average Bonchev–Trinajstić information content (AvgIpc) is 2.55. The average molecular weight is 325 g/mol. The van der Waals surface area contributed by atoms with E-state index in [2.05, 4.69) is 27.9 Å². The largest absolute Gasteiger partial charge is 0.354 e. The predicted molar refractivity (Wildman–Crippen MR) is 94.0 cm³/mol. The maximum absolute atomic E-state index is 11.3. The number of rotatable bonds is 4. The Kier molecular flexibility index (Phi) is 4.94. The number of ether oxygens (including phenoxy) is 1. The highest BCUT2D eigenvalue weighted by Gasteiger charge is 2.33. The van der Waals surface area contributed by atoms with Gasteiger partial charge in [-0.05, 0) is 24.6 Å². The molecule has 2 N–H and O–H groups in total. The third-order valence-electron chi connectivity index (χ3n) is 4.07. The molecule has 0 radical (unpaired) electrons. The van der Waals surface area contributed by atoms with E-state index in [0.29, 0.717) is 6.61 Å². The first-order valence-corrected chi connectivity index (χ1v) is 8.14. The molecule has 0 aromatic heterocycles. The normalized spacial score (nSPS) is 21.4. The van der Waals surface area contributed by atoms with Gasteiger partial charge in [-0.3, -0.25) is 4.79 Å². The van der Waals surface area contributed by atoms with Crippen LogP contribution >= 0.6 is 0 Å². The van der Waals surface area contributed by atoms with Gasteiger partial charge in [-0.1, -0.05) is 42.5 Å². The van der Waals surface area contributed by atoms with Gasteiger partial charge in [0.15, 0.2) is 5.72 Å². The molecular weight excluding hydrogens is 302 g/mol. The van der Waals surface area contributed by atoms with Crippen LogP contribution in [0.5, 0.6) is 0 Å². The van der Waals surface area contributed by atoms with Gasteiger partial charge < -0.3 is 10.1 Å². The van der Waals surface area contributed by atoms with Crippen molar-refractivity contribution in [2.75, 3.05) is 18.5 Å². The summed E-state index contributed by atoms with van der Waals surface area (Å²) in [7, 11) is 0. The summed E-state index contributed by atoms with van der Waals surface area (Å²) in [4.78, 5) is 11.3. The number of nitrogens with zero attached hydrogens (tertiary/aromatic N) is 1. The van der Waals surface area contributed by atoms with Crippen LogP contribution in [0.15, 0.2) is 54.6 Å². The van der Waals surface area contributed by atoms with E-state index >= 15 is 0 Å². The van der Waals surface area contributed by atoms with Crippen molar-refractivity contribution in [3.8, 4) is 0 Å². The van der Waals surface area contributed by atoms with Crippen molar-refractivity contribution in [1.29, 1.82) is 0 Å². The lowest BCUT2D eigenvalue weighted by Gasteiger charge is -2.42. The molecule has 1 aliphatic rings. The Balaban J connectivity index is 1.75. The lowest BCUT2D eigenvalue weighted by atomic mass is 10.0. The van der Waals surface area contributed by atoms with Gasteiger partial charge in [0.25, 0.3) is 0 Å². The van der Waals surface area contributed by atoms with Crippen molar-refractivity contribution in [1.82, 2.24) is 10.4 Å². The first-order chi connectivity index (χ1) is 11.5. The summed E-state index contributed by atoms with van der Waals surface area (Å²) in [6, 6.07) is 18.1. The number of amides is 1. The van der Waals surface area contributed by atoms with Crippen LogP contribution in [0.4, 0.5) is 5.69 Å². The zero-order chi connectivity index (χ0) is 17.0. The standard InChI is InChI=1S/C19H23N3O2/c1-15(23)20-18-10-6-9-17(13-18)19(2)21-22(11-12-24-19)14-16-7-4-3-5-8-16/h3-10,13,21H,11-12,14H2,1-2H3,(H,20,23). The van der Waals surface area contributed by atoms with Crippen molar-refractivity contribution in [2.45, 2.75) is 26.1 Å². The van der Waals surface area contributed by atoms with Crippen LogP contribution in [0.1, 0.15) is 25.0 Å². The molecule has 1 aliphatic heterocycles. The molecule has 5 heteroatoms. The second-order valence-electron chi connectivity index (χ2n) is 6.16. The highest BCUT2D eigenvalue weighted by molar-refractivity contribution is 5.88. The number of benzene rings is 2. The van der Waals surface area contributed by atoms with Gasteiger partial charge >= 0.3 is 0 Å². The van der Waals surface area contributed by atoms with Crippen LogP contribution in [0, 0.1) is 0 Å². The first kappa shape index (κ1) is 16.6. The zero-order valence-corrected chi connectivity index (χ0v) is 14.1. The van der Waals surface area contributed by atoms with Crippen molar-refractivity contribution in [3.05, 3.63) is 65.7 Å². The minimum Gasteiger partial charge on any atom is -0.354 e. The number of hydrazine groups is 1. The van der Waals surface area contributed by atoms with Gasteiger partial charge in [-0.15, -0.1) is 0 Å². The quantitative estimate of drug-likeness (QED) is 0.908. The van der Waals surface area contributed by atoms with Gasteiger partial charge in [-0.25, -0.2) is 10.4 Å². The fourth-order valence-electron chi connectivity index (χ4n) is 2.92. The van der Waals surface area contributed by atoms with E-state index in [0.717, 1.165) is 24.3 Å². The highest BCUT2D eigenvalue weighted by atomic mass is 16.5. The number of anilines is 1. The summed E-state index contributed by atoms with van der Waals surface area (Å²) in [5, 5.41) is 4.99. The Morgan fingerprint density at radius 3 is 2.79 bits per heavy atom. The smallest absolute Gasteiger partial charge is 0.221 e. The van der Waals surface area contributed by atoms with Gasteiger partial charge in [0, 0.05) is 31.3 Å². The van der Waals surface area contributed by atoms with Crippen molar-refractivity contribution < 1.29 is 9.53 Å². The van der Waals surface area contributed by atoms with Gasteiger partial charge in [0.05, 0.1) is 6.61 Å². The number of hydrogen-bond acceptors (Lipinski definition) is 4. The molecule has 1 saturated heterocycles. The van der Waals surface area contributed by atoms with Gasteiger partial charge in [-0.2, -0.15) is 0 Å². The molecular formula is C19H23N3O2. The van der Waals surface area contributed by atoms with E-state index in [1.165, 1.54) is 12.5 Å². The summed E-state index contributed by atoms with van der Waals surface area (Å²) in [5.74, 6) is -0.0828. The second kappa shape index (κ2) is 7.13. The Hall–Kier alpha value is -2.21. The Labute approximate surface area is 142 Å². The van der Waals surface area contributed by atoms with E-state index in [1.54, 1.807) is 0 Å². The lowest BCUT2D eigenvalue weighted by molar-refractivity contribution is -0.161. The summed E-state index contributed by atoms with van der Waals surface area (Å²) in [5.41, 5.74) is 5.85. The van der Waals surface area contributed by atoms with E-state index < -0.39 is 5.72 Å². The maximum Gasteiger partial charge on any atom is 0.221 e. The third-order valence-corrected chi connectivity index (χ3v) is 4.07. The van der Waals surface area contributed by atoms with E-state index in [-0.39, 0.29) is 5.91 Å². The van der Waals surface area contributed by atoms with Crippen LogP contribution in [-0.2, 0) is 21.8 Å². The van der Waals surface area contributed by atoms with Crippen molar-refractivity contribution in [2.24, 2.45) is 0 Å². The monoisotopic (exact) mass is 325 g/mol. The fraction of sp³-hybridized carbons (Fsp3) is 0.316. The molecule has 0 spiro atoms. The number of hydrogen-bond donors (Lipinski definition) is 2. The molecule has 1 unspecified atom stereocenters. The van der Waals surface area contributed by atoms with E-state index in [1.807, 2.05) is 49.4 Å². The molecule has 0 saturated carbocycles. The summed E-state index contributed by atoms with van der Waals surface area (Å²) < 4.78 is 6.01. The SMILES string of the molecule is CC(=O)Nc1cccc(C2(C)NN(Cc3ccccc3)CCO2)c1. The molecule has 3 rings (SSSR count). The molecule has 2 aromatic rings. The third kappa shape index (κ3) is 4.00. The minimum absolute atomic E-state index is 0.0828. The topological polar surface area (TPSA) is 53.6 Å². The molecule has 126 valence electrons. The molecule has 0 bridgehead atoms. The maximum atomic E-state index is 11.3. The summed E-state index contributed by atoms with van der Waals surface area (Å²) >= 11 is 0. The predicted octanol–water partition coefficient (Wildman–Crippen LogP) is 2.85. The highest BCUT2D eigenvalue weighted by Crippen LogP contribution is 2.28. The molecule has 1 amide bonds. The van der Waals surface area contributed by atoms with Gasteiger partial charge in [0.1, 0.15) is 0 Å². The second-order valence-corrected chi connectivity index (χ2v) is 6.16. The summed E-state index contributed by atoms with van der Waals surface area (Å²) in [6.45, 7) is 5.78. The number of carbonyl (C=O) groups excluding carboxylic acids is 1. The molecule has 1 atom stereocenters. The number of carbonyl (C=O) groups is 1. The molecule has 5 nitrogen and oxygen atoms in total. The fourth-order valence-corrected chi connectivity index (χ4v) is 2.92. The Morgan fingerprint density at radius 1 is 1.25 bits per heavy atom. The minimum atomic E-state index is -0.624. The van der Waals surface area contributed by atoms with E-state index in [4.69, 9.17) is 4.74 Å².